The van der Waals surface area contributed by atoms with Crippen LogP contribution in [0, 0.1) is 5.92 Å². The maximum atomic E-state index is 5.26. The van der Waals surface area contributed by atoms with E-state index in [1.807, 2.05) is 0 Å². The lowest BCUT2D eigenvalue weighted by molar-refractivity contribution is -0.0114. The largest absolute Gasteiger partial charge is 0.382 e. The zero-order chi connectivity index (χ0) is 9.36. The van der Waals surface area contributed by atoms with Crippen LogP contribution in [0.4, 0.5) is 0 Å². The van der Waals surface area contributed by atoms with Crippen molar-refractivity contribution in [3.63, 3.8) is 0 Å². The van der Waals surface area contributed by atoms with E-state index in [1.54, 1.807) is 7.11 Å². The second-order valence-corrected chi connectivity index (χ2v) is 3.25. The van der Waals surface area contributed by atoms with Crippen LogP contribution in [0.2, 0.25) is 0 Å². The van der Waals surface area contributed by atoms with E-state index in [4.69, 9.17) is 14.3 Å². The molecule has 0 radical (unpaired) electrons. The fraction of sp³-hybridized carbons (Fsp3) is 1.00. The Morgan fingerprint density at radius 3 is 2.77 bits per heavy atom. The summed E-state index contributed by atoms with van der Waals surface area (Å²) in [5.74, 6) is 0.705. The molecule has 1 saturated heterocycles. The van der Waals surface area contributed by atoms with Crippen molar-refractivity contribution in [2.75, 3.05) is 40.1 Å². The van der Waals surface area contributed by atoms with E-state index in [-0.39, 0.29) is 0 Å². The lowest BCUT2D eigenvalue weighted by Gasteiger charge is -2.21. The minimum atomic E-state index is 0.611. The molecule has 0 bridgehead atoms. The molecule has 1 aliphatic rings. The Labute approximate surface area is 79.5 Å². The lowest BCUT2D eigenvalue weighted by Crippen LogP contribution is -2.28. The zero-order valence-electron chi connectivity index (χ0n) is 8.25. The van der Waals surface area contributed by atoms with E-state index in [0.717, 1.165) is 32.6 Å². The van der Waals surface area contributed by atoms with Crippen LogP contribution in [0.5, 0.6) is 0 Å². The second kappa shape index (κ2) is 7.26. The third-order valence-electron chi connectivity index (χ3n) is 2.20. The third kappa shape index (κ3) is 5.21. The molecule has 0 spiro atoms. The SMILES string of the molecule is COCCONCC1CCOCC1. The standard InChI is InChI=1S/C9H19NO3/c1-11-6-7-13-10-8-9-2-4-12-5-3-9/h9-10H,2-8H2,1H3. The van der Waals surface area contributed by atoms with Crippen molar-refractivity contribution in [3.05, 3.63) is 0 Å². The molecule has 0 aromatic carbocycles. The van der Waals surface area contributed by atoms with Gasteiger partial charge in [-0.2, -0.15) is 0 Å². The molecule has 0 unspecified atom stereocenters. The number of nitrogens with one attached hydrogen (secondary N) is 1. The number of hydrogen-bond donors (Lipinski definition) is 1. The highest BCUT2D eigenvalue weighted by Crippen LogP contribution is 2.12. The average molecular weight is 189 g/mol. The van der Waals surface area contributed by atoms with E-state index in [0.29, 0.717) is 19.1 Å². The van der Waals surface area contributed by atoms with Gasteiger partial charge >= 0.3 is 0 Å². The van der Waals surface area contributed by atoms with E-state index < -0.39 is 0 Å². The van der Waals surface area contributed by atoms with Gasteiger partial charge in [-0.05, 0) is 18.8 Å². The molecule has 1 fully saturated rings. The molecular formula is C9H19NO3. The summed E-state index contributed by atoms with van der Waals surface area (Å²) in [5.41, 5.74) is 2.95. The number of ether oxygens (including phenoxy) is 2. The summed E-state index contributed by atoms with van der Waals surface area (Å²) >= 11 is 0. The summed E-state index contributed by atoms with van der Waals surface area (Å²) in [5, 5.41) is 0. The van der Waals surface area contributed by atoms with Gasteiger partial charge in [0.05, 0.1) is 13.2 Å². The van der Waals surface area contributed by atoms with Gasteiger partial charge in [-0.1, -0.05) is 0 Å². The van der Waals surface area contributed by atoms with Gasteiger partial charge in [0.15, 0.2) is 0 Å². The number of hydroxylamine groups is 1. The minimum absolute atomic E-state index is 0.611. The van der Waals surface area contributed by atoms with Gasteiger partial charge in [-0.15, -0.1) is 0 Å². The molecule has 0 amide bonds. The van der Waals surface area contributed by atoms with Crippen molar-refractivity contribution in [1.82, 2.24) is 5.48 Å². The number of rotatable bonds is 6. The summed E-state index contributed by atoms with van der Waals surface area (Å²) in [7, 11) is 1.67. The Morgan fingerprint density at radius 2 is 2.08 bits per heavy atom. The normalized spacial score (nSPS) is 19.2. The summed E-state index contributed by atoms with van der Waals surface area (Å²) in [6, 6.07) is 0. The minimum Gasteiger partial charge on any atom is -0.382 e. The van der Waals surface area contributed by atoms with Crippen LogP contribution in [0.25, 0.3) is 0 Å². The Bertz CT molecular complexity index is 115. The van der Waals surface area contributed by atoms with Gasteiger partial charge in [0.2, 0.25) is 0 Å². The van der Waals surface area contributed by atoms with Crippen molar-refractivity contribution in [2.24, 2.45) is 5.92 Å². The molecule has 1 rings (SSSR count). The quantitative estimate of drug-likeness (QED) is 0.490. The highest BCUT2D eigenvalue weighted by molar-refractivity contribution is 4.63. The first-order chi connectivity index (χ1) is 6.43. The highest BCUT2D eigenvalue weighted by Gasteiger charge is 2.12. The molecule has 13 heavy (non-hydrogen) atoms. The van der Waals surface area contributed by atoms with Crippen molar-refractivity contribution >= 4 is 0 Å². The van der Waals surface area contributed by atoms with Crippen LogP contribution in [0.15, 0.2) is 0 Å². The molecule has 1 aliphatic heterocycles. The van der Waals surface area contributed by atoms with E-state index in [2.05, 4.69) is 5.48 Å². The lowest BCUT2D eigenvalue weighted by atomic mass is 10.0. The summed E-state index contributed by atoms with van der Waals surface area (Å²) < 4.78 is 10.1. The van der Waals surface area contributed by atoms with Gasteiger partial charge in [-0.3, -0.25) is 4.84 Å². The maximum Gasteiger partial charge on any atom is 0.0915 e. The number of hydrogen-bond acceptors (Lipinski definition) is 4. The summed E-state index contributed by atoms with van der Waals surface area (Å²) in [4.78, 5) is 5.16. The van der Waals surface area contributed by atoms with E-state index in [9.17, 15) is 0 Å². The van der Waals surface area contributed by atoms with Gasteiger partial charge in [0.25, 0.3) is 0 Å². The Morgan fingerprint density at radius 1 is 1.31 bits per heavy atom. The molecule has 0 aliphatic carbocycles. The first-order valence-electron chi connectivity index (χ1n) is 4.85. The molecule has 1 heterocycles. The predicted molar refractivity (Wildman–Crippen MR) is 49.4 cm³/mol. The molecular weight excluding hydrogens is 170 g/mol. The zero-order valence-corrected chi connectivity index (χ0v) is 8.25. The highest BCUT2D eigenvalue weighted by atomic mass is 16.7. The molecule has 4 nitrogen and oxygen atoms in total. The van der Waals surface area contributed by atoms with Crippen LogP contribution in [-0.4, -0.2) is 40.1 Å². The molecule has 78 valence electrons. The van der Waals surface area contributed by atoms with E-state index >= 15 is 0 Å². The van der Waals surface area contributed by atoms with Crippen molar-refractivity contribution in [1.29, 1.82) is 0 Å². The van der Waals surface area contributed by atoms with Crippen molar-refractivity contribution < 1.29 is 14.3 Å². The Kier molecular flexibility index (Phi) is 6.10. The van der Waals surface area contributed by atoms with Gasteiger partial charge < -0.3 is 9.47 Å². The molecule has 0 aromatic heterocycles. The molecule has 4 heteroatoms. The monoisotopic (exact) mass is 189 g/mol. The fourth-order valence-corrected chi connectivity index (χ4v) is 1.32. The molecule has 1 N–H and O–H groups in total. The summed E-state index contributed by atoms with van der Waals surface area (Å²) in [6.45, 7) is 3.96. The smallest absolute Gasteiger partial charge is 0.0915 e. The predicted octanol–water partition coefficient (Wildman–Crippen LogP) is 0.581. The van der Waals surface area contributed by atoms with Gasteiger partial charge in [0, 0.05) is 26.9 Å². The first kappa shape index (κ1) is 10.9. The molecule has 0 saturated carbocycles. The number of methoxy groups -OCH3 is 1. The Balaban J connectivity index is 1.86. The van der Waals surface area contributed by atoms with Crippen molar-refractivity contribution in [3.8, 4) is 0 Å². The maximum absolute atomic E-state index is 5.26. The van der Waals surface area contributed by atoms with E-state index in [1.165, 1.54) is 0 Å². The van der Waals surface area contributed by atoms with Gasteiger partial charge in [0.1, 0.15) is 0 Å². The Hall–Kier alpha value is -0.160. The fourth-order valence-electron chi connectivity index (χ4n) is 1.32. The van der Waals surface area contributed by atoms with Crippen LogP contribution in [-0.2, 0) is 14.3 Å². The van der Waals surface area contributed by atoms with Gasteiger partial charge in [-0.25, -0.2) is 5.48 Å². The molecule has 0 aromatic rings. The average Bonchev–Trinajstić information content (AvgIpc) is 2.19. The van der Waals surface area contributed by atoms with Crippen molar-refractivity contribution in [2.45, 2.75) is 12.8 Å². The van der Waals surface area contributed by atoms with Crippen LogP contribution in [0.3, 0.4) is 0 Å². The first-order valence-corrected chi connectivity index (χ1v) is 4.85. The second-order valence-electron chi connectivity index (χ2n) is 3.25. The topological polar surface area (TPSA) is 39.7 Å². The third-order valence-corrected chi connectivity index (χ3v) is 2.20. The van der Waals surface area contributed by atoms with Crippen LogP contribution in [0.1, 0.15) is 12.8 Å². The summed E-state index contributed by atoms with van der Waals surface area (Å²) in [6.07, 6.45) is 2.28. The van der Waals surface area contributed by atoms with Crippen LogP contribution < -0.4 is 5.48 Å². The van der Waals surface area contributed by atoms with Crippen LogP contribution >= 0.6 is 0 Å². The molecule has 0 atom stereocenters.